The number of nitrogens with zero attached hydrogens (tertiary/aromatic N) is 7. The molecule has 0 N–H and O–H groups in total. The monoisotopic (exact) mass is 1760 g/mol. The molecule has 0 aliphatic carbocycles. The molecule has 0 saturated heterocycles. The highest BCUT2D eigenvalue weighted by Gasteiger charge is 2.27. The number of benzene rings is 20. The van der Waals surface area contributed by atoms with Crippen molar-refractivity contribution < 1.29 is 0 Å². The maximum absolute atomic E-state index is 5.31. The molecule has 0 aliphatic rings. The van der Waals surface area contributed by atoms with Crippen molar-refractivity contribution in [3.63, 3.8) is 0 Å². The number of hydrogen-bond donors (Lipinski definition) is 0. The molecule has 0 radical (unpaired) electrons. The molecule has 20 aromatic carbocycles. The van der Waals surface area contributed by atoms with Crippen molar-refractivity contribution in [1.29, 1.82) is 0 Å². The summed E-state index contributed by atoms with van der Waals surface area (Å²) in [6.07, 6.45) is 0. The molecule has 10 heteroatoms. The van der Waals surface area contributed by atoms with Crippen molar-refractivity contribution in [3.8, 4) is 62.2 Å². The molecule has 630 valence electrons. The Balaban J connectivity index is 0.000000109. The molecule has 0 aliphatic heterocycles. The number of aromatic nitrogens is 7. The molecule has 0 unspecified atom stereocenters. The Kier molecular flexibility index (Phi) is 19.3. The van der Waals surface area contributed by atoms with E-state index < -0.39 is 0 Å². The average Bonchev–Trinajstić information content (AvgIpc) is 1.53. The molecule has 29 aromatic rings. The Morgan fingerprint density at radius 1 is 0.180 bits per heavy atom. The molecule has 9 aromatic heterocycles. The van der Waals surface area contributed by atoms with Crippen LogP contribution in [0.5, 0.6) is 0 Å². The van der Waals surface area contributed by atoms with E-state index in [1.54, 1.807) is 0 Å². The second-order valence-electron chi connectivity index (χ2n) is 33.7. The molecule has 0 fully saturated rings. The summed E-state index contributed by atoms with van der Waals surface area (Å²) in [5, 5.41) is 24.1. The number of rotatable bonds is 8. The SMILES string of the molecule is C.C.C.c1ccc(-c2nc(-n3c4ccccc4c4c5c6ccccc6sc5c5ccccc5c43)nc3ccccc23)cc1.c1ccc(-n2c3ccccc3c3cc(-c4ccc5c(c4)c4ccccc4n5-c4ccc5sc6ccccc6c5c4)ccc32)cc1.c1ccc(-n2c3ccccc3c3cc(-c4ccc5c(c4)c4ccccc4n5-c4cccc5c4sc4ccccc45)ccc32)cc1. The fraction of sp³-hybridized carbons (Fsp3) is 0.0244. The van der Waals surface area contributed by atoms with Gasteiger partial charge in [-0.25, -0.2) is 9.97 Å². The molecule has 0 amide bonds. The number of para-hydroxylation sites is 8. The van der Waals surface area contributed by atoms with Crippen molar-refractivity contribution in [2.75, 3.05) is 0 Å². The van der Waals surface area contributed by atoms with Crippen LogP contribution < -0.4 is 0 Å². The van der Waals surface area contributed by atoms with Gasteiger partial charge in [-0.05, 0) is 174 Å². The van der Waals surface area contributed by atoms with Crippen molar-refractivity contribution in [1.82, 2.24) is 32.8 Å². The lowest BCUT2D eigenvalue weighted by molar-refractivity contribution is 1.02. The molecule has 0 saturated carbocycles. The summed E-state index contributed by atoms with van der Waals surface area (Å²) < 4.78 is 19.9. The highest BCUT2D eigenvalue weighted by atomic mass is 32.1. The molecular formula is C123H85N7S3. The van der Waals surface area contributed by atoms with Gasteiger partial charge in [-0.2, -0.15) is 0 Å². The van der Waals surface area contributed by atoms with Crippen LogP contribution >= 0.6 is 34.0 Å². The van der Waals surface area contributed by atoms with Crippen molar-refractivity contribution in [2.45, 2.75) is 22.3 Å². The summed E-state index contributed by atoms with van der Waals surface area (Å²) in [4.78, 5) is 10.5. The highest BCUT2D eigenvalue weighted by Crippen LogP contribution is 2.50. The average molecular weight is 1760 g/mol. The van der Waals surface area contributed by atoms with Crippen LogP contribution in [-0.4, -0.2) is 32.8 Å². The Bertz CT molecular complexity index is 9710. The lowest BCUT2D eigenvalue weighted by Gasteiger charge is -2.13. The van der Waals surface area contributed by atoms with E-state index in [1.165, 1.54) is 214 Å². The summed E-state index contributed by atoms with van der Waals surface area (Å²) in [6, 6.07) is 160. The Labute approximate surface area is 779 Å². The van der Waals surface area contributed by atoms with E-state index in [2.05, 4.69) is 460 Å². The minimum absolute atomic E-state index is 0. The molecule has 29 rings (SSSR count). The Hall–Kier alpha value is -16.3. The predicted molar refractivity (Wildman–Crippen MR) is 577 cm³/mol. The van der Waals surface area contributed by atoms with Gasteiger partial charge in [0.2, 0.25) is 5.95 Å². The van der Waals surface area contributed by atoms with Gasteiger partial charge in [0, 0.05) is 148 Å². The zero-order valence-electron chi connectivity index (χ0n) is 70.0. The molecular weight excluding hydrogens is 1670 g/mol. The van der Waals surface area contributed by atoms with Crippen LogP contribution in [0.4, 0.5) is 0 Å². The number of hydrogen-bond acceptors (Lipinski definition) is 5. The van der Waals surface area contributed by atoms with Gasteiger partial charge in [0.25, 0.3) is 0 Å². The van der Waals surface area contributed by atoms with Crippen LogP contribution in [0.1, 0.15) is 22.3 Å². The quantitative estimate of drug-likeness (QED) is 0.152. The second-order valence-corrected chi connectivity index (χ2v) is 36.9. The van der Waals surface area contributed by atoms with Crippen LogP contribution in [0.2, 0.25) is 0 Å². The summed E-state index contributed by atoms with van der Waals surface area (Å²) in [5.74, 6) is 0.688. The van der Waals surface area contributed by atoms with Gasteiger partial charge in [-0.1, -0.05) is 313 Å². The molecule has 0 bridgehead atoms. The van der Waals surface area contributed by atoms with Gasteiger partial charge in [0.15, 0.2) is 0 Å². The van der Waals surface area contributed by atoms with Crippen LogP contribution in [0, 0.1) is 0 Å². The zero-order chi connectivity index (χ0) is 85.2. The van der Waals surface area contributed by atoms with E-state index in [0.29, 0.717) is 5.95 Å². The fourth-order valence-electron chi connectivity index (χ4n) is 20.9. The lowest BCUT2D eigenvalue weighted by atomic mass is 10.00. The molecule has 133 heavy (non-hydrogen) atoms. The van der Waals surface area contributed by atoms with Crippen LogP contribution in [0.25, 0.3) is 253 Å². The molecule has 0 spiro atoms. The second kappa shape index (κ2) is 32.1. The first-order valence-electron chi connectivity index (χ1n) is 44.2. The van der Waals surface area contributed by atoms with Gasteiger partial charge in [-0.3, -0.25) is 4.57 Å². The maximum Gasteiger partial charge on any atom is 0.235 e. The van der Waals surface area contributed by atoms with Gasteiger partial charge in [0.1, 0.15) is 0 Å². The standard InChI is InChI=1S/2C42H26N2S.C36H21N3S.3CH4/c1-2-11-29(12-3-1)43-36-17-7-4-13-30(36)34-25-27(21-23-38(34)43)28-22-24-39-35(26-28)31-14-5-8-18-37(31)44(39)40-19-10-16-33-32-15-6-9-20-41(32)45-42(33)40;1-2-10-29(11-3-1)43-37-15-7-4-12-31(37)34-24-27(18-21-39(34)43)28-19-22-40-35(25-28)32-13-5-8-16-38(32)44(40)30-20-23-42-36(26-30)33-14-6-9-17-41(33)45-42;1-2-12-22(13-3-1)33-25-16-6-9-19-28(25)37-36(38-33)39-29-20-10-7-17-26(29)31-32-27-18-8-11-21-30(27)40-35(32)24-15-5-4-14-23(24)34(31)39;;;/h2*1-26H;1-21H;3*1H4. The predicted octanol–water partition coefficient (Wildman–Crippen LogP) is 35.7. The van der Waals surface area contributed by atoms with Crippen molar-refractivity contribution in [3.05, 3.63) is 443 Å². The van der Waals surface area contributed by atoms with Crippen molar-refractivity contribution >= 4 is 225 Å². The van der Waals surface area contributed by atoms with E-state index >= 15 is 0 Å². The summed E-state index contributed by atoms with van der Waals surface area (Å²) in [7, 11) is 0. The third kappa shape index (κ3) is 12.6. The van der Waals surface area contributed by atoms with E-state index in [4.69, 9.17) is 9.97 Å². The normalized spacial score (nSPS) is 11.7. The highest BCUT2D eigenvalue weighted by molar-refractivity contribution is 7.27. The first-order chi connectivity index (χ1) is 64.5. The summed E-state index contributed by atoms with van der Waals surface area (Å²) in [6.45, 7) is 0. The number of thiophene rings is 3. The lowest BCUT2D eigenvalue weighted by Crippen LogP contribution is -2.03. The first-order valence-corrected chi connectivity index (χ1v) is 46.6. The minimum atomic E-state index is 0. The van der Waals surface area contributed by atoms with Crippen LogP contribution in [0.3, 0.4) is 0 Å². The van der Waals surface area contributed by atoms with E-state index in [0.717, 1.165) is 33.2 Å². The van der Waals surface area contributed by atoms with Crippen LogP contribution in [-0.2, 0) is 0 Å². The Morgan fingerprint density at radius 2 is 0.534 bits per heavy atom. The fourth-order valence-corrected chi connectivity index (χ4v) is 24.5. The largest absolute Gasteiger partial charge is 0.309 e. The van der Waals surface area contributed by atoms with Gasteiger partial charge in [-0.15, -0.1) is 34.0 Å². The topological polar surface area (TPSA) is 50.4 Å². The summed E-state index contributed by atoms with van der Waals surface area (Å²) in [5.41, 5.74) is 24.7. The molecule has 7 nitrogen and oxygen atoms in total. The van der Waals surface area contributed by atoms with Crippen LogP contribution in [0.15, 0.2) is 443 Å². The molecule has 9 heterocycles. The molecule has 0 atom stereocenters. The van der Waals surface area contributed by atoms with E-state index in [9.17, 15) is 0 Å². The van der Waals surface area contributed by atoms with Gasteiger partial charge < -0.3 is 18.3 Å². The third-order valence-electron chi connectivity index (χ3n) is 26.6. The smallest absolute Gasteiger partial charge is 0.235 e. The minimum Gasteiger partial charge on any atom is -0.309 e. The Morgan fingerprint density at radius 3 is 1.06 bits per heavy atom. The van der Waals surface area contributed by atoms with E-state index in [-0.39, 0.29) is 22.3 Å². The maximum atomic E-state index is 5.31. The van der Waals surface area contributed by atoms with E-state index in [1.807, 2.05) is 40.1 Å². The van der Waals surface area contributed by atoms with Crippen molar-refractivity contribution in [2.24, 2.45) is 0 Å². The summed E-state index contributed by atoms with van der Waals surface area (Å²) >= 11 is 5.63. The van der Waals surface area contributed by atoms with Gasteiger partial charge in [0.05, 0.1) is 76.8 Å². The first kappa shape index (κ1) is 80.0. The number of fused-ring (bicyclic) bond motifs is 29. The zero-order valence-corrected chi connectivity index (χ0v) is 72.5. The third-order valence-corrected chi connectivity index (χ3v) is 30.2. The van der Waals surface area contributed by atoms with Gasteiger partial charge >= 0.3 is 0 Å².